The highest BCUT2D eigenvalue weighted by Crippen LogP contribution is 2.31. The molecular formula is C29H42N4O8. The number of hydrogen-bond donors (Lipinski definition) is 3. The SMILES string of the molecule is CC(=O)CCNC(=O)CCc1ccc(NC(=O)CCOCCOCCNC(=O)CCN2C(=O)CC(C)(C)C2=O)cc1. The molecule has 0 aromatic heterocycles. The highest BCUT2D eigenvalue weighted by Gasteiger charge is 2.44. The van der Waals surface area contributed by atoms with Crippen LogP contribution >= 0.6 is 0 Å². The van der Waals surface area contributed by atoms with Crippen LogP contribution in [0.2, 0.25) is 0 Å². The molecule has 2 rings (SSSR count). The van der Waals surface area contributed by atoms with Crippen molar-refractivity contribution < 1.29 is 38.2 Å². The summed E-state index contributed by atoms with van der Waals surface area (Å²) in [6.45, 7) is 6.76. The van der Waals surface area contributed by atoms with Crippen molar-refractivity contribution in [2.24, 2.45) is 5.41 Å². The molecular weight excluding hydrogens is 532 g/mol. The number of carbonyl (C=O) groups is 6. The van der Waals surface area contributed by atoms with Crippen LogP contribution in [0.15, 0.2) is 24.3 Å². The van der Waals surface area contributed by atoms with E-state index in [0.717, 1.165) is 10.5 Å². The van der Waals surface area contributed by atoms with Crippen LogP contribution in [-0.4, -0.2) is 86.3 Å². The van der Waals surface area contributed by atoms with Gasteiger partial charge in [-0.25, -0.2) is 0 Å². The molecule has 1 fully saturated rings. The second-order valence-electron chi connectivity index (χ2n) is 10.5. The Labute approximate surface area is 240 Å². The summed E-state index contributed by atoms with van der Waals surface area (Å²) in [5, 5.41) is 8.20. The number of rotatable bonds is 19. The molecule has 1 saturated heterocycles. The first-order valence-corrected chi connectivity index (χ1v) is 13.9. The van der Waals surface area contributed by atoms with E-state index in [2.05, 4.69) is 16.0 Å². The summed E-state index contributed by atoms with van der Waals surface area (Å²) in [4.78, 5) is 72.0. The third-order valence-corrected chi connectivity index (χ3v) is 6.37. The summed E-state index contributed by atoms with van der Waals surface area (Å²) < 4.78 is 10.8. The molecule has 0 atom stereocenters. The number of aryl methyl sites for hydroxylation is 1. The molecule has 41 heavy (non-hydrogen) atoms. The van der Waals surface area contributed by atoms with Crippen LogP contribution in [0.25, 0.3) is 0 Å². The Hall–Kier alpha value is -3.64. The molecule has 0 bridgehead atoms. The number of ketones is 1. The van der Waals surface area contributed by atoms with Gasteiger partial charge in [0.15, 0.2) is 0 Å². The molecule has 0 spiro atoms. The molecule has 12 nitrogen and oxygen atoms in total. The van der Waals surface area contributed by atoms with E-state index in [1.54, 1.807) is 26.0 Å². The molecule has 226 valence electrons. The van der Waals surface area contributed by atoms with Crippen molar-refractivity contribution in [1.82, 2.24) is 15.5 Å². The summed E-state index contributed by atoms with van der Waals surface area (Å²) in [5.74, 6) is -1.01. The van der Waals surface area contributed by atoms with Crippen molar-refractivity contribution in [1.29, 1.82) is 0 Å². The maximum absolute atomic E-state index is 12.2. The minimum atomic E-state index is -0.706. The summed E-state index contributed by atoms with van der Waals surface area (Å²) >= 11 is 0. The van der Waals surface area contributed by atoms with Gasteiger partial charge < -0.3 is 25.4 Å². The largest absolute Gasteiger partial charge is 0.379 e. The first kappa shape index (κ1) is 33.6. The number of benzene rings is 1. The van der Waals surface area contributed by atoms with E-state index in [1.165, 1.54) is 6.92 Å². The summed E-state index contributed by atoms with van der Waals surface area (Å²) in [6.07, 6.45) is 1.60. The number of nitrogens with zero attached hydrogens (tertiary/aromatic N) is 1. The van der Waals surface area contributed by atoms with Gasteiger partial charge in [0.05, 0.1) is 38.3 Å². The van der Waals surface area contributed by atoms with Gasteiger partial charge in [-0.15, -0.1) is 0 Å². The predicted octanol–water partition coefficient (Wildman–Crippen LogP) is 1.37. The highest BCUT2D eigenvalue weighted by atomic mass is 16.5. The van der Waals surface area contributed by atoms with Crippen LogP contribution in [0.5, 0.6) is 0 Å². The van der Waals surface area contributed by atoms with Gasteiger partial charge in [-0.1, -0.05) is 26.0 Å². The summed E-state index contributed by atoms with van der Waals surface area (Å²) in [5.41, 5.74) is 0.909. The van der Waals surface area contributed by atoms with Crippen LogP contribution in [0, 0.1) is 5.41 Å². The molecule has 1 aliphatic rings. The fourth-order valence-electron chi connectivity index (χ4n) is 4.01. The van der Waals surface area contributed by atoms with E-state index in [9.17, 15) is 28.8 Å². The lowest BCUT2D eigenvalue weighted by Crippen LogP contribution is -2.37. The lowest BCUT2D eigenvalue weighted by molar-refractivity contribution is -0.141. The van der Waals surface area contributed by atoms with Crippen molar-refractivity contribution in [3.63, 3.8) is 0 Å². The summed E-state index contributed by atoms with van der Waals surface area (Å²) in [6, 6.07) is 7.26. The first-order chi connectivity index (χ1) is 19.5. The number of nitrogens with one attached hydrogen (secondary N) is 3. The van der Waals surface area contributed by atoms with Crippen molar-refractivity contribution in [3.8, 4) is 0 Å². The molecule has 0 radical (unpaired) electrons. The fourth-order valence-corrected chi connectivity index (χ4v) is 4.01. The predicted molar refractivity (Wildman–Crippen MR) is 151 cm³/mol. The Kier molecular flexibility index (Phi) is 14.1. The number of hydrogen-bond acceptors (Lipinski definition) is 8. The standard InChI is InChI=1S/C29H42N4O8/c1-21(34)10-13-30-24(35)9-6-22-4-7-23(8-5-22)32-26(37)12-16-40-18-19-41-17-14-31-25(36)11-15-33-27(38)20-29(2,3)28(33)39/h4-5,7-8H,6,9-20H2,1-3H3,(H,30,35)(H,31,36)(H,32,37). The third-order valence-electron chi connectivity index (χ3n) is 6.37. The summed E-state index contributed by atoms with van der Waals surface area (Å²) in [7, 11) is 0. The second-order valence-corrected chi connectivity index (χ2v) is 10.5. The van der Waals surface area contributed by atoms with E-state index in [1.807, 2.05) is 12.1 Å². The van der Waals surface area contributed by atoms with Crippen LogP contribution in [0.1, 0.15) is 58.4 Å². The van der Waals surface area contributed by atoms with Crippen molar-refractivity contribution in [2.75, 3.05) is 51.4 Å². The normalized spacial score (nSPS) is 14.2. The minimum absolute atomic E-state index is 0.0368. The molecule has 1 aliphatic heterocycles. The Bertz CT molecular complexity index is 1070. The van der Waals surface area contributed by atoms with E-state index >= 15 is 0 Å². The number of imide groups is 1. The van der Waals surface area contributed by atoms with Crippen LogP contribution < -0.4 is 16.0 Å². The Morgan fingerprint density at radius 2 is 1.44 bits per heavy atom. The van der Waals surface area contributed by atoms with Gasteiger partial charge in [-0.3, -0.25) is 33.7 Å². The number of likely N-dealkylation sites (tertiary alicyclic amines) is 1. The topological polar surface area (TPSA) is 160 Å². The maximum atomic E-state index is 12.2. The zero-order chi connectivity index (χ0) is 30.3. The van der Waals surface area contributed by atoms with E-state index in [0.29, 0.717) is 51.3 Å². The first-order valence-electron chi connectivity index (χ1n) is 13.9. The molecule has 0 aliphatic carbocycles. The van der Waals surface area contributed by atoms with Gasteiger partial charge in [-0.2, -0.15) is 0 Å². The number of ether oxygens (including phenoxy) is 2. The van der Waals surface area contributed by atoms with Crippen molar-refractivity contribution in [2.45, 2.75) is 59.3 Å². The molecule has 1 heterocycles. The smallest absolute Gasteiger partial charge is 0.235 e. The van der Waals surface area contributed by atoms with Gasteiger partial charge in [0.25, 0.3) is 0 Å². The van der Waals surface area contributed by atoms with Crippen molar-refractivity contribution >= 4 is 41.0 Å². The van der Waals surface area contributed by atoms with Crippen LogP contribution in [-0.2, 0) is 44.7 Å². The Morgan fingerprint density at radius 3 is 2.07 bits per heavy atom. The zero-order valence-electron chi connectivity index (χ0n) is 24.2. The average Bonchev–Trinajstić information content (AvgIpc) is 3.11. The number of amides is 5. The van der Waals surface area contributed by atoms with E-state index in [-0.39, 0.29) is 74.3 Å². The highest BCUT2D eigenvalue weighted by molar-refractivity contribution is 6.05. The van der Waals surface area contributed by atoms with Crippen molar-refractivity contribution in [3.05, 3.63) is 29.8 Å². The van der Waals surface area contributed by atoms with E-state index < -0.39 is 5.41 Å². The van der Waals surface area contributed by atoms with Gasteiger partial charge in [0.1, 0.15) is 5.78 Å². The number of anilines is 1. The third kappa shape index (κ3) is 13.0. The quantitative estimate of drug-likeness (QED) is 0.165. The zero-order valence-corrected chi connectivity index (χ0v) is 24.2. The monoisotopic (exact) mass is 574 g/mol. The maximum Gasteiger partial charge on any atom is 0.235 e. The number of carbonyl (C=O) groups excluding carboxylic acids is 6. The Balaban J connectivity index is 1.46. The molecule has 12 heteroatoms. The lowest BCUT2D eigenvalue weighted by Gasteiger charge is -2.17. The van der Waals surface area contributed by atoms with Gasteiger partial charge >= 0.3 is 0 Å². The fraction of sp³-hybridized carbons (Fsp3) is 0.586. The molecule has 1 aromatic carbocycles. The molecule has 3 N–H and O–H groups in total. The average molecular weight is 575 g/mol. The van der Waals surface area contributed by atoms with E-state index in [4.69, 9.17) is 9.47 Å². The van der Waals surface area contributed by atoms with Crippen LogP contribution in [0.3, 0.4) is 0 Å². The van der Waals surface area contributed by atoms with Gasteiger partial charge in [-0.05, 0) is 31.0 Å². The molecule has 5 amide bonds. The molecule has 1 aromatic rings. The number of Topliss-reactive ketones (excluding diaryl/α,β-unsaturated/α-hetero) is 1. The lowest BCUT2D eigenvalue weighted by atomic mass is 9.92. The van der Waals surface area contributed by atoms with Crippen LogP contribution in [0.4, 0.5) is 5.69 Å². The molecule has 0 unspecified atom stereocenters. The molecule has 0 saturated carbocycles. The van der Waals surface area contributed by atoms with Gasteiger partial charge in [0, 0.05) is 51.0 Å². The Morgan fingerprint density at radius 1 is 0.805 bits per heavy atom. The minimum Gasteiger partial charge on any atom is -0.379 e. The second kappa shape index (κ2) is 17.2. The van der Waals surface area contributed by atoms with Gasteiger partial charge in [0.2, 0.25) is 29.5 Å².